The number of phenolic OH excluding ortho intramolecular Hbond substituents is 1. The summed E-state index contributed by atoms with van der Waals surface area (Å²) in [5, 5.41) is 39.6. The zero-order chi connectivity index (χ0) is 45.4. The normalized spacial score (nSPS) is 27.9. The molecule has 3 amide bonds. The lowest BCUT2D eigenvalue weighted by Crippen LogP contribution is -2.62. The van der Waals surface area contributed by atoms with Gasteiger partial charge in [0.25, 0.3) is 5.91 Å². The number of hydrazine groups is 1. The number of rotatable bonds is 10. The summed E-state index contributed by atoms with van der Waals surface area (Å²) in [7, 11) is 0. The minimum Gasteiger partial charge on any atom is -0.508 e. The minimum absolute atomic E-state index is 0.0317. The molecule has 2 aliphatic heterocycles. The third kappa shape index (κ3) is 16.7. The number of Topliss-reactive ketones (excluding diaryl/α,β-unsaturated/α-hetero) is 1. The summed E-state index contributed by atoms with van der Waals surface area (Å²) in [6, 6.07) is 2.88. The largest absolute Gasteiger partial charge is 0.508 e. The molecule has 2 bridgehead atoms. The van der Waals surface area contributed by atoms with E-state index < -0.39 is 83.9 Å². The van der Waals surface area contributed by atoms with Crippen LogP contribution in [0.5, 0.6) is 5.75 Å². The molecule has 2 aliphatic rings. The van der Waals surface area contributed by atoms with Crippen LogP contribution in [-0.4, -0.2) is 105 Å². The predicted molar refractivity (Wildman–Crippen MR) is 229 cm³/mol. The molecule has 1 saturated heterocycles. The van der Waals surface area contributed by atoms with Gasteiger partial charge < -0.3 is 40.2 Å². The summed E-state index contributed by atoms with van der Waals surface area (Å²) in [5.74, 6) is -5.94. The number of ketones is 1. The number of nitrogens with one attached hydrogen (secondary N) is 3. The number of carbonyl (C=O) groups excluding carboxylic acids is 6. The van der Waals surface area contributed by atoms with Crippen molar-refractivity contribution in [1.82, 2.24) is 21.1 Å². The van der Waals surface area contributed by atoms with Crippen LogP contribution in [0.1, 0.15) is 93.1 Å². The lowest BCUT2D eigenvalue weighted by Gasteiger charge is -2.36. The molecule has 1 unspecified atom stereocenters. The molecule has 15 heteroatoms. The smallest absolute Gasteiger partial charge is 0.330 e. The third-order valence-corrected chi connectivity index (χ3v) is 10.5. The molecular weight excluding hydrogens is 785 g/mol. The summed E-state index contributed by atoms with van der Waals surface area (Å²) in [4.78, 5) is 80.5. The summed E-state index contributed by atoms with van der Waals surface area (Å²) < 4.78 is 11.3. The maximum atomic E-state index is 14.3. The molecule has 0 aromatic heterocycles. The van der Waals surface area contributed by atoms with E-state index in [1.807, 2.05) is 20.8 Å². The van der Waals surface area contributed by atoms with Crippen molar-refractivity contribution in [1.29, 1.82) is 0 Å². The van der Waals surface area contributed by atoms with Crippen molar-refractivity contribution in [2.75, 3.05) is 13.2 Å². The van der Waals surface area contributed by atoms with Crippen molar-refractivity contribution < 1.29 is 53.6 Å². The van der Waals surface area contributed by atoms with Crippen molar-refractivity contribution in [2.24, 2.45) is 23.2 Å². The van der Waals surface area contributed by atoms with Gasteiger partial charge in [-0.25, -0.2) is 10.2 Å². The van der Waals surface area contributed by atoms with Crippen LogP contribution in [0.4, 0.5) is 0 Å². The second-order valence-electron chi connectivity index (χ2n) is 17.6. The monoisotopic (exact) mass is 850 g/mol. The van der Waals surface area contributed by atoms with Crippen molar-refractivity contribution in [3.63, 3.8) is 0 Å². The molecule has 2 heterocycles. The Bertz CT molecular complexity index is 1810. The number of allylic oxidation sites excluding steroid dienone is 4. The van der Waals surface area contributed by atoms with Crippen LogP contribution in [0, 0.1) is 23.2 Å². The van der Waals surface area contributed by atoms with E-state index in [0.29, 0.717) is 24.0 Å². The maximum absolute atomic E-state index is 14.3. The fourth-order valence-electron chi connectivity index (χ4n) is 6.77. The number of aliphatic hydroxyl groups excluding tert-OH is 2. The van der Waals surface area contributed by atoms with Crippen LogP contribution in [0.25, 0.3) is 0 Å². The summed E-state index contributed by atoms with van der Waals surface area (Å²) >= 11 is 0. The molecule has 1 aromatic carbocycles. The zero-order valence-electron chi connectivity index (χ0n) is 36.8. The van der Waals surface area contributed by atoms with E-state index in [1.165, 1.54) is 42.3 Å². The first-order chi connectivity index (χ1) is 28.7. The van der Waals surface area contributed by atoms with Gasteiger partial charge >= 0.3 is 11.9 Å². The number of hydrogen-bond acceptors (Lipinski definition) is 12. The topological polar surface area (TPSA) is 221 Å². The Balaban J connectivity index is 2.05. The highest BCUT2D eigenvalue weighted by Crippen LogP contribution is 2.24. The van der Waals surface area contributed by atoms with E-state index in [-0.39, 0.29) is 55.8 Å². The first-order valence-corrected chi connectivity index (χ1v) is 21.0. The molecule has 0 aliphatic carbocycles. The summed E-state index contributed by atoms with van der Waals surface area (Å²) in [6.07, 6.45) is 8.15. The number of phenols is 1. The Morgan fingerprint density at radius 3 is 2.43 bits per heavy atom. The van der Waals surface area contributed by atoms with E-state index >= 15 is 0 Å². The lowest BCUT2D eigenvalue weighted by molar-refractivity contribution is -0.156. The van der Waals surface area contributed by atoms with Gasteiger partial charge in [0.1, 0.15) is 35.8 Å². The number of ether oxygens (including phenoxy) is 2. The van der Waals surface area contributed by atoms with Gasteiger partial charge in [-0.05, 0) is 67.7 Å². The predicted octanol–water partition coefficient (Wildman–Crippen LogP) is 3.92. The Hall–Kier alpha value is -5.12. The van der Waals surface area contributed by atoms with Gasteiger partial charge in [-0.2, -0.15) is 0 Å². The number of benzene rings is 1. The fourth-order valence-corrected chi connectivity index (χ4v) is 6.77. The highest BCUT2D eigenvalue weighted by molar-refractivity contribution is 5.93. The van der Waals surface area contributed by atoms with Crippen molar-refractivity contribution >= 4 is 35.4 Å². The van der Waals surface area contributed by atoms with Gasteiger partial charge in [-0.1, -0.05) is 90.1 Å². The molecular formula is C46H66N4O11. The van der Waals surface area contributed by atoms with Crippen molar-refractivity contribution in [3.05, 3.63) is 77.9 Å². The highest BCUT2D eigenvalue weighted by Gasteiger charge is 2.38. The Morgan fingerprint density at radius 2 is 1.77 bits per heavy atom. The summed E-state index contributed by atoms with van der Waals surface area (Å²) in [6.45, 7) is 14.4. The Morgan fingerprint density at radius 1 is 1.05 bits per heavy atom. The second-order valence-corrected chi connectivity index (χ2v) is 17.6. The molecule has 0 spiro atoms. The van der Waals surface area contributed by atoms with Crippen LogP contribution in [0.2, 0.25) is 0 Å². The van der Waals surface area contributed by atoms with Gasteiger partial charge in [-0.3, -0.25) is 24.2 Å². The van der Waals surface area contributed by atoms with Gasteiger partial charge in [0, 0.05) is 37.8 Å². The molecule has 3 rings (SSSR count). The van der Waals surface area contributed by atoms with E-state index in [4.69, 9.17) is 9.47 Å². The number of cyclic esters (lactones) is 1. The number of aromatic hydroxyl groups is 1. The molecule has 6 N–H and O–H groups in total. The molecule has 0 saturated carbocycles. The van der Waals surface area contributed by atoms with Crippen molar-refractivity contribution in [2.45, 2.75) is 130 Å². The van der Waals surface area contributed by atoms with Gasteiger partial charge in [-0.15, -0.1) is 0 Å². The highest BCUT2D eigenvalue weighted by atomic mass is 16.5. The number of hydrogen-bond donors (Lipinski definition) is 6. The van der Waals surface area contributed by atoms with E-state index in [0.717, 1.165) is 0 Å². The zero-order valence-corrected chi connectivity index (χ0v) is 36.8. The minimum atomic E-state index is -1.43. The first-order valence-electron chi connectivity index (χ1n) is 21.0. The number of nitrogens with zero attached hydrogens (tertiary/aromatic N) is 1. The lowest BCUT2D eigenvalue weighted by atomic mass is 9.84. The van der Waals surface area contributed by atoms with Crippen molar-refractivity contribution in [3.8, 4) is 5.75 Å². The average Bonchev–Trinajstić information content (AvgIpc) is 3.19. The summed E-state index contributed by atoms with van der Waals surface area (Å²) in [5.41, 5.74) is 3.91. The Kier molecular flexibility index (Phi) is 19.6. The number of fused-ring (bicyclic) bond motifs is 2. The van der Waals surface area contributed by atoms with E-state index in [2.05, 4.69) is 16.1 Å². The van der Waals surface area contributed by atoms with Crippen LogP contribution < -0.4 is 16.1 Å². The first kappa shape index (κ1) is 50.2. The standard InChI is InChI=1S/C46H66N4O11/c1-28(2)40-43(57)47-36(26-32-16-13-17-33(52)25-32)44(58)50-24-14-18-35(49-50)45(59)61-38(29(3)15-12-21-39(54)60-27-46(6,7)8)20-11-9-10-19-37(53)31(5)41(55)34(42(56)48-40)23-22-30(4)51/h9-13,15-17,19,21,25,28,31,34-38,40-41,49,52-53,55H,14,18,20,22-24,26-27H2,1-8H3,(H,47,57)(H,48,56)/b11-9+,19-10+,21-12+,29-15+/t31-,34+,35?,36-,37-,38-,40-,41+/m0/s1. The van der Waals surface area contributed by atoms with E-state index in [1.54, 1.807) is 64.1 Å². The van der Waals surface area contributed by atoms with Gasteiger partial charge in [0.05, 0.1) is 24.7 Å². The molecule has 1 aromatic rings. The molecule has 15 nitrogen and oxygen atoms in total. The number of esters is 2. The number of amides is 3. The number of aliphatic hydroxyl groups is 2. The van der Waals surface area contributed by atoms with Gasteiger partial charge in [0.2, 0.25) is 11.8 Å². The quantitative estimate of drug-likeness (QED) is 0.112. The SMILES string of the molecule is CC(=O)CC[C@H]1C(=O)N[C@@H](C(C)C)C(=O)N[C@@H](Cc2cccc(O)c2)C(=O)N2CCCC(N2)C(=O)O[C@H](/C(C)=C/C=C/C(=O)OCC(C)(C)C)C/C=C/C=C/[C@H](O)[C@H](C)[C@H]1O. The Labute approximate surface area is 359 Å². The molecule has 336 valence electrons. The van der Waals surface area contributed by atoms with Gasteiger partial charge in [0.15, 0.2) is 0 Å². The van der Waals surface area contributed by atoms with Crippen LogP contribution >= 0.6 is 0 Å². The maximum Gasteiger partial charge on any atom is 0.330 e. The van der Waals surface area contributed by atoms with Crippen LogP contribution in [0.3, 0.4) is 0 Å². The molecule has 61 heavy (non-hydrogen) atoms. The number of carbonyl (C=O) groups is 6. The van der Waals surface area contributed by atoms with Crippen LogP contribution in [-0.2, 0) is 44.7 Å². The molecule has 8 atom stereocenters. The average molecular weight is 851 g/mol. The fraction of sp³-hybridized carbons (Fsp3) is 0.565. The van der Waals surface area contributed by atoms with Crippen LogP contribution in [0.15, 0.2) is 72.4 Å². The molecule has 0 radical (unpaired) electrons. The molecule has 1 fully saturated rings. The second kappa shape index (κ2) is 23.8. The van der Waals surface area contributed by atoms with E-state index in [9.17, 15) is 44.1 Å². The third-order valence-electron chi connectivity index (χ3n) is 10.5.